The summed E-state index contributed by atoms with van der Waals surface area (Å²) in [6.45, 7) is 2.93. The highest BCUT2D eigenvalue weighted by Crippen LogP contribution is 2.33. The molecule has 1 aromatic rings. The van der Waals surface area contributed by atoms with E-state index in [9.17, 15) is 0 Å². The van der Waals surface area contributed by atoms with Crippen LogP contribution in [0.15, 0.2) is 16.8 Å². The summed E-state index contributed by atoms with van der Waals surface area (Å²) in [6, 6.07) is 2.41. The predicted octanol–water partition coefficient (Wildman–Crippen LogP) is 2.91. The van der Waals surface area contributed by atoms with Gasteiger partial charge in [-0.1, -0.05) is 6.92 Å². The molecule has 0 bridgehead atoms. The molecule has 2 unspecified atom stereocenters. The van der Waals surface area contributed by atoms with Gasteiger partial charge in [-0.2, -0.15) is 11.3 Å². The summed E-state index contributed by atoms with van der Waals surface area (Å²) in [5.74, 6) is 1.00. The van der Waals surface area contributed by atoms with Crippen LogP contribution in [0.2, 0.25) is 0 Å². The molecule has 2 N–H and O–H groups in total. The molecule has 2 nitrogen and oxygen atoms in total. The maximum atomic E-state index is 6.13. The average Bonchev–Trinajstić information content (AvgIpc) is 2.77. The number of rotatable bonds is 7. The summed E-state index contributed by atoms with van der Waals surface area (Å²) in [5, 5.41) is 4.72. The second-order valence-corrected chi connectivity index (χ2v) is 5.44. The van der Waals surface area contributed by atoms with E-state index in [1.807, 2.05) is 11.8 Å². The first-order valence-electron chi connectivity index (χ1n) is 5.17. The monoisotopic (exact) mass is 245 g/mol. The molecule has 15 heavy (non-hydrogen) atoms. The van der Waals surface area contributed by atoms with Crippen molar-refractivity contribution in [1.82, 2.24) is 0 Å². The number of ether oxygens (including phenoxy) is 1. The van der Waals surface area contributed by atoms with Gasteiger partial charge in [0.1, 0.15) is 0 Å². The van der Waals surface area contributed by atoms with Crippen LogP contribution in [-0.2, 0) is 4.74 Å². The van der Waals surface area contributed by atoms with Crippen molar-refractivity contribution in [3.05, 3.63) is 22.4 Å². The molecule has 2 atom stereocenters. The number of thioether (sulfide) groups is 1. The van der Waals surface area contributed by atoms with Gasteiger partial charge < -0.3 is 10.5 Å². The number of nitrogens with two attached hydrogens (primary N) is 1. The number of hydrogen-bond acceptors (Lipinski definition) is 4. The minimum absolute atomic E-state index is 0.237. The van der Waals surface area contributed by atoms with Crippen LogP contribution < -0.4 is 5.73 Å². The molecule has 0 fully saturated rings. The van der Waals surface area contributed by atoms with Gasteiger partial charge in [-0.3, -0.25) is 0 Å². The predicted molar refractivity (Wildman–Crippen MR) is 69.7 cm³/mol. The summed E-state index contributed by atoms with van der Waals surface area (Å²) in [6.07, 6.45) is 1.01. The van der Waals surface area contributed by atoms with Crippen LogP contribution in [-0.4, -0.2) is 25.5 Å². The number of hydrogen-bond donors (Lipinski definition) is 1. The zero-order chi connectivity index (χ0) is 11.1. The summed E-state index contributed by atoms with van der Waals surface area (Å²) >= 11 is 3.63. The van der Waals surface area contributed by atoms with Crippen molar-refractivity contribution in [3.8, 4) is 0 Å². The largest absolute Gasteiger partial charge is 0.384 e. The minimum atomic E-state index is 0.237. The van der Waals surface area contributed by atoms with E-state index < -0.39 is 0 Å². The second kappa shape index (κ2) is 7.28. The third-order valence-electron chi connectivity index (χ3n) is 2.32. The highest BCUT2D eigenvalue weighted by atomic mass is 32.2. The van der Waals surface area contributed by atoms with Crippen LogP contribution >= 0.6 is 23.1 Å². The molecule has 1 heterocycles. The SMILES string of the molecule is CCC(N)C(SCCOC)c1ccsc1. The van der Waals surface area contributed by atoms with Crippen LogP contribution in [0.3, 0.4) is 0 Å². The normalized spacial score (nSPS) is 15.1. The summed E-state index contributed by atoms with van der Waals surface area (Å²) < 4.78 is 5.06. The zero-order valence-electron chi connectivity index (χ0n) is 9.31. The molecular formula is C11H19NOS2. The van der Waals surface area contributed by atoms with E-state index in [0.29, 0.717) is 5.25 Å². The number of thiophene rings is 1. The van der Waals surface area contributed by atoms with E-state index in [1.165, 1.54) is 5.56 Å². The quantitative estimate of drug-likeness (QED) is 0.750. The van der Waals surface area contributed by atoms with Crippen molar-refractivity contribution in [2.45, 2.75) is 24.6 Å². The Bertz CT molecular complexity index is 251. The van der Waals surface area contributed by atoms with Gasteiger partial charge in [-0.15, -0.1) is 11.8 Å². The van der Waals surface area contributed by atoms with Crippen molar-refractivity contribution in [1.29, 1.82) is 0 Å². The Labute approximate surface area is 100 Å². The zero-order valence-corrected chi connectivity index (χ0v) is 10.9. The minimum Gasteiger partial charge on any atom is -0.384 e. The Morgan fingerprint density at radius 3 is 2.93 bits per heavy atom. The van der Waals surface area contributed by atoms with Crippen LogP contribution in [0.25, 0.3) is 0 Å². The Hall–Kier alpha value is -0.0300. The summed E-state index contributed by atoms with van der Waals surface area (Å²) in [4.78, 5) is 0. The standard InChI is InChI=1S/C11H19NOS2/c1-3-10(12)11(15-7-5-13-2)9-4-6-14-8-9/h4,6,8,10-11H,3,5,7,12H2,1-2H3. The fourth-order valence-corrected chi connectivity index (χ4v) is 3.45. The van der Waals surface area contributed by atoms with Crippen molar-refractivity contribution in [2.24, 2.45) is 5.73 Å². The lowest BCUT2D eigenvalue weighted by Crippen LogP contribution is -2.25. The first-order valence-corrected chi connectivity index (χ1v) is 7.17. The van der Waals surface area contributed by atoms with Crippen molar-refractivity contribution >= 4 is 23.1 Å². The highest BCUT2D eigenvalue weighted by Gasteiger charge is 2.18. The lowest BCUT2D eigenvalue weighted by Gasteiger charge is -2.21. The molecule has 1 rings (SSSR count). The third kappa shape index (κ3) is 4.15. The van der Waals surface area contributed by atoms with Gasteiger partial charge in [0.05, 0.1) is 6.61 Å². The molecule has 0 aliphatic carbocycles. The number of methoxy groups -OCH3 is 1. The summed E-state index contributed by atoms with van der Waals surface area (Å²) in [5.41, 5.74) is 7.49. The van der Waals surface area contributed by atoms with Crippen LogP contribution in [0.1, 0.15) is 24.2 Å². The second-order valence-electron chi connectivity index (χ2n) is 3.41. The molecule has 0 amide bonds. The first-order chi connectivity index (χ1) is 7.29. The van der Waals surface area contributed by atoms with E-state index in [1.54, 1.807) is 18.4 Å². The van der Waals surface area contributed by atoms with Crippen molar-refractivity contribution in [2.75, 3.05) is 19.5 Å². The molecule has 0 radical (unpaired) electrons. The fraction of sp³-hybridized carbons (Fsp3) is 0.636. The van der Waals surface area contributed by atoms with Gasteiger partial charge in [-0.25, -0.2) is 0 Å². The van der Waals surface area contributed by atoms with E-state index in [2.05, 4.69) is 23.8 Å². The third-order valence-corrected chi connectivity index (χ3v) is 4.40. The summed E-state index contributed by atoms with van der Waals surface area (Å²) in [7, 11) is 1.74. The first kappa shape index (κ1) is 13.0. The van der Waals surface area contributed by atoms with Gasteiger partial charge >= 0.3 is 0 Å². The molecular weight excluding hydrogens is 226 g/mol. The maximum Gasteiger partial charge on any atom is 0.0553 e. The van der Waals surface area contributed by atoms with E-state index in [0.717, 1.165) is 18.8 Å². The van der Waals surface area contributed by atoms with Crippen molar-refractivity contribution in [3.63, 3.8) is 0 Å². The molecule has 0 saturated heterocycles. The topological polar surface area (TPSA) is 35.2 Å². The van der Waals surface area contributed by atoms with Crippen LogP contribution in [0.4, 0.5) is 0 Å². The Morgan fingerprint density at radius 2 is 2.40 bits per heavy atom. The van der Waals surface area contributed by atoms with Gasteiger partial charge in [0.15, 0.2) is 0 Å². The highest BCUT2D eigenvalue weighted by molar-refractivity contribution is 7.99. The van der Waals surface area contributed by atoms with E-state index >= 15 is 0 Å². The Morgan fingerprint density at radius 1 is 1.60 bits per heavy atom. The van der Waals surface area contributed by atoms with Crippen LogP contribution in [0.5, 0.6) is 0 Å². The average molecular weight is 245 g/mol. The van der Waals surface area contributed by atoms with Gasteiger partial charge in [0.25, 0.3) is 0 Å². The van der Waals surface area contributed by atoms with Crippen molar-refractivity contribution < 1.29 is 4.74 Å². The maximum absolute atomic E-state index is 6.13. The molecule has 4 heteroatoms. The fourth-order valence-electron chi connectivity index (χ4n) is 1.38. The molecule has 86 valence electrons. The van der Waals surface area contributed by atoms with Gasteiger partial charge in [0.2, 0.25) is 0 Å². The van der Waals surface area contributed by atoms with Gasteiger partial charge in [-0.05, 0) is 28.8 Å². The Kier molecular flexibility index (Phi) is 6.32. The van der Waals surface area contributed by atoms with Gasteiger partial charge in [0, 0.05) is 24.2 Å². The Balaban J connectivity index is 2.54. The molecule has 0 aromatic carbocycles. The molecule has 0 spiro atoms. The smallest absolute Gasteiger partial charge is 0.0553 e. The molecule has 0 aliphatic heterocycles. The van der Waals surface area contributed by atoms with Crippen LogP contribution in [0, 0.1) is 0 Å². The van der Waals surface area contributed by atoms with E-state index in [4.69, 9.17) is 10.5 Å². The molecule has 1 aromatic heterocycles. The lowest BCUT2D eigenvalue weighted by atomic mass is 10.1. The lowest BCUT2D eigenvalue weighted by molar-refractivity contribution is 0.218. The molecule has 0 saturated carbocycles. The van der Waals surface area contributed by atoms with E-state index in [-0.39, 0.29) is 6.04 Å². The molecule has 0 aliphatic rings.